The van der Waals surface area contributed by atoms with Gasteiger partial charge in [-0.3, -0.25) is 4.79 Å². The van der Waals surface area contributed by atoms with Crippen molar-refractivity contribution < 1.29 is 4.79 Å². The van der Waals surface area contributed by atoms with Crippen LogP contribution in [0, 0.1) is 0 Å². The van der Waals surface area contributed by atoms with Crippen LogP contribution in [0.5, 0.6) is 0 Å². The van der Waals surface area contributed by atoms with E-state index >= 15 is 0 Å². The van der Waals surface area contributed by atoms with Crippen LogP contribution in [0.3, 0.4) is 0 Å². The minimum Gasteiger partial charge on any atom is -0.308 e. The lowest BCUT2D eigenvalue weighted by Crippen LogP contribution is -2.42. The Morgan fingerprint density at radius 1 is 1.32 bits per heavy atom. The Morgan fingerprint density at radius 3 is 2.77 bits per heavy atom. The second kappa shape index (κ2) is 8.30. The predicted molar refractivity (Wildman–Crippen MR) is 92.4 cm³/mol. The highest BCUT2D eigenvalue weighted by Crippen LogP contribution is 2.31. The van der Waals surface area contributed by atoms with Crippen molar-refractivity contribution in [3.8, 4) is 0 Å². The van der Waals surface area contributed by atoms with Gasteiger partial charge in [-0.05, 0) is 57.6 Å². The quantitative estimate of drug-likeness (QED) is 0.749. The summed E-state index contributed by atoms with van der Waals surface area (Å²) in [5.74, 6) is 0.181. The van der Waals surface area contributed by atoms with Crippen LogP contribution in [0.4, 0.5) is 5.69 Å². The molecule has 1 aromatic carbocycles. The molecule has 0 saturated carbocycles. The number of amides is 1. The van der Waals surface area contributed by atoms with E-state index < -0.39 is 0 Å². The molecule has 1 atom stereocenters. The van der Waals surface area contributed by atoms with Crippen LogP contribution in [0.15, 0.2) is 24.3 Å². The highest BCUT2D eigenvalue weighted by atomic mass is 16.2. The number of para-hydroxylation sites is 1. The first-order valence-electron chi connectivity index (χ1n) is 8.50. The van der Waals surface area contributed by atoms with E-state index in [2.05, 4.69) is 43.1 Å². The molecule has 0 spiro atoms. The maximum atomic E-state index is 12.5. The molecule has 4 heteroatoms. The van der Waals surface area contributed by atoms with Crippen LogP contribution in [-0.4, -0.2) is 49.6 Å². The van der Waals surface area contributed by atoms with E-state index in [9.17, 15) is 4.79 Å². The van der Waals surface area contributed by atoms with Crippen molar-refractivity contribution in [2.75, 3.05) is 37.6 Å². The van der Waals surface area contributed by atoms with Gasteiger partial charge >= 0.3 is 0 Å². The molecule has 0 saturated heterocycles. The normalized spacial score (nSPS) is 17.1. The number of hydrogen-bond acceptors (Lipinski definition) is 3. The molecule has 2 rings (SSSR count). The summed E-state index contributed by atoms with van der Waals surface area (Å²) in [6, 6.07) is 8.50. The molecule has 4 nitrogen and oxygen atoms in total. The second-order valence-electron chi connectivity index (χ2n) is 6.00. The zero-order chi connectivity index (χ0) is 15.9. The average Bonchev–Trinajstić information content (AvgIpc) is 2.86. The fourth-order valence-corrected chi connectivity index (χ4v) is 3.19. The van der Waals surface area contributed by atoms with E-state index in [1.54, 1.807) is 0 Å². The number of benzene rings is 1. The first-order chi connectivity index (χ1) is 10.7. The number of hydrogen-bond donors (Lipinski definition) is 1. The summed E-state index contributed by atoms with van der Waals surface area (Å²) in [7, 11) is 0. The Balaban J connectivity index is 1.76. The number of fused-ring (bicyclic) bond motifs is 1. The minimum absolute atomic E-state index is 0.181. The minimum atomic E-state index is 0.181. The number of nitrogens with zero attached hydrogens (tertiary/aromatic N) is 2. The molecule has 0 fully saturated rings. The van der Waals surface area contributed by atoms with Crippen molar-refractivity contribution >= 4 is 11.6 Å². The topological polar surface area (TPSA) is 35.6 Å². The number of nitrogens with one attached hydrogen (secondary N) is 1. The molecule has 0 bridgehead atoms. The molecule has 122 valence electrons. The third kappa shape index (κ3) is 4.08. The zero-order valence-electron chi connectivity index (χ0n) is 14.1. The molecule has 1 amide bonds. The molecular formula is C18H29N3O. The van der Waals surface area contributed by atoms with Gasteiger partial charge in [-0.1, -0.05) is 32.0 Å². The Kier molecular flexibility index (Phi) is 6.40. The molecule has 22 heavy (non-hydrogen) atoms. The average molecular weight is 303 g/mol. The van der Waals surface area contributed by atoms with Crippen molar-refractivity contribution in [3.05, 3.63) is 29.8 Å². The number of carbonyl (C=O) groups excluding carboxylic acids is 1. The highest BCUT2D eigenvalue weighted by molar-refractivity contribution is 5.97. The summed E-state index contributed by atoms with van der Waals surface area (Å²) < 4.78 is 0. The fraction of sp³-hybridized carbons (Fsp3) is 0.611. The molecule has 1 unspecified atom stereocenters. The molecule has 0 aromatic heterocycles. The zero-order valence-corrected chi connectivity index (χ0v) is 14.1. The fourth-order valence-electron chi connectivity index (χ4n) is 3.19. The monoisotopic (exact) mass is 303 g/mol. The molecule has 0 radical (unpaired) electrons. The SMILES string of the molecule is CCN(CC)CCCNCC(=O)N1c2ccccc2CC1C. The summed E-state index contributed by atoms with van der Waals surface area (Å²) in [5, 5.41) is 3.30. The summed E-state index contributed by atoms with van der Waals surface area (Å²) in [6.45, 7) is 11.1. The predicted octanol–water partition coefficient (Wildman–Crippen LogP) is 2.29. The van der Waals surface area contributed by atoms with Gasteiger partial charge < -0.3 is 15.1 Å². The lowest BCUT2D eigenvalue weighted by Gasteiger charge is -2.23. The van der Waals surface area contributed by atoms with Gasteiger partial charge in [-0.2, -0.15) is 0 Å². The van der Waals surface area contributed by atoms with Gasteiger partial charge in [0.2, 0.25) is 5.91 Å². The molecule has 1 aliphatic heterocycles. The largest absolute Gasteiger partial charge is 0.308 e. The van der Waals surface area contributed by atoms with Crippen LogP contribution in [-0.2, 0) is 11.2 Å². The van der Waals surface area contributed by atoms with Crippen molar-refractivity contribution in [1.82, 2.24) is 10.2 Å². The maximum Gasteiger partial charge on any atom is 0.241 e. The van der Waals surface area contributed by atoms with Crippen LogP contribution < -0.4 is 10.2 Å². The molecular weight excluding hydrogens is 274 g/mol. The van der Waals surface area contributed by atoms with Crippen molar-refractivity contribution in [2.45, 2.75) is 39.7 Å². The molecule has 1 aromatic rings. The van der Waals surface area contributed by atoms with E-state index in [0.29, 0.717) is 6.54 Å². The first kappa shape index (κ1) is 17.0. The van der Waals surface area contributed by atoms with E-state index in [4.69, 9.17) is 0 Å². The van der Waals surface area contributed by atoms with Crippen molar-refractivity contribution in [2.24, 2.45) is 0 Å². The summed E-state index contributed by atoms with van der Waals surface area (Å²) in [4.78, 5) is 16.8. The lowest BCUT2D eigenvalue weighted by atomic mass is 10.1. The van der Waals surface area contributed by atoms with E-state index in [-0.39, 0.29) is 11.9 Å². The molecule has 1 heterocycles. The third-order valence-electron chi connectivity index (χ3n) is 4.47. The van der Waals surface area contributed by atoms with Gasteiger partial charge in [0.15, 0.2) is 0 Å². The Morgan fingerprint density at radius 2 is 2.05 bits per heavy atom. The Hall–Kier alpha value is -1.39. The smallest absolute Gasteiger partial charge is 0.241 e. The van der Waals surface area contributed by atoms with Gasteiger partial charge in [0.25, 0.3) is 0 Å². The van der Waals surface area contributed by atoms with E-state index in [1.807, 2.05) is 17.0 Å². The summed E-state index contributed by atoms with van der Waals surface area (Å²) >= 11 is 0. The van der Waals surface area contributed by atoms with E-state index in [1.165, 1.54) is 5.56 Å². The van der Waals surface area contributed by atoms with Crippen LogP contribution in [0.25, 0.3) is 0 Å². The van der Waals surface area contributed by atoms with Gasteiger partial charge in [0.1, 0.15) is 0 Å². The van der Waals surface area contributed by atoms with Gasteiger partial charge in [-0.25, -0.2) is 0 Å². The number of anilines is 1. The van der Waals surface area contributed by atoms with Crippen molar-refractivity contribution in [3.63, 3.8) is 0 Å². The Labute approximate surface area is 134 Å². The molecule has 1 N–H and O–H groups in total. The number of rotatable bonds is 8. The van der Waals surface area contributed by atoms with Crippen molar-refractivity contribution in [1.29, 1.82) is 0 Å². The maximum absolute atomic E-state index is 12.5. The van der Waals surface area contributed by atoms with Gasteiger partial charge in [0.05, 0.1) is 6.54 Å². The van der Waals surface area contributed by atoms with Crippen LogP contribution in [0.2, 0.25) is 0 Å². The molecule has 1 aliphatic rings. The lowest BCUT2D eigenvalue weighted by molar-refractivity contribution is -0.118. The van der Waals surface area contributed by atoms with Gasteiger partial charge in [0, 0.05) is 11.7 Å². The second-order valence-corrected chi connectivity index (χ2v) is 6.00. The number of carbonyl (C=O) groups is 1. The van der Waals surface area contributed by atoms with Crippen LogP contribution in [0.1, 0.15) is 32.8 Å². The first-order valence-corrected chi connectivity index (χ1v) is 8.50. The van der Waals surface area contributed by atoms with Gasteiger partial charge in [-0.15, -0.1) is 0 Å². The summed E-state index contributed by atoms with van der Waals surface area (Å²) in [5.41, 5.74) is 2.37. The van der Waals surface area contributed by atoms with E-state index in [0.717, 1.165) is 44.7 Å². The third-order valence-corrected chi connectivity index (χ3v) is 4.47. The highest BCUT2D eigenvalue weighted by Gasteiger charge is 2.29. The molecule has 0 aliphatic carbocycles. The Bertz CT molecular complexity index is 485. The van der Waals surface area contributed by atoms with Crippen LogP contribution >= 0.6 is 0 Å². The summed E-state index contributed by atoms with van der Waals surface area (Å²) in [6.07, 6.45) is 2.05. The standard InChI is InChI=1S/C18H29N3O/c1-4-20(5-2)12-8-11-19-14-18(22)21-15(3)13-16-9-6-7-10-17(16)21/h6-7,9-10,15,19H,4-5,8,11-14H2,1-3H3.